The van der Waals surface area contributed by atoms with Crippen LogP contribution in [0.3, 0.4) is 0 Å². The summed E-state index contributed by atoms with van der Waals surface area (Å²) in [5, 5.41) is 1.38. The Kier molecular flexibility index (Phi) is 10.2. The van der Waals surface area contributed by atoms with Crippen molar-refractivity contribution in [2.45, 2.75) is 57.8 Å². The van der Waals surface area contributed by atoms with Crippen molar-refractivity contribution in [2.75, 3.05) is 50.7 Å². The number of benzene rings is 2. The van der Waals surface area contributed by atoms with E-state index in [0.717, 1.165) is 17.9 Å². The average Bonchev–Trinajstić information content (AvgIpc) is 2.84. The zero-order valence-electron chi connectivity index (χ0n) is 20.2. The van der Waals surface area contributed by atoms with Gasteiger partial charge < -0.3 is 21.3 Å². The van der Waals surface area contributed by atoms with Crippen molar-refractivity contribution in [2.24, 2.45) is 0 Å². The highest BCUT2D eigenvalue weighted by Crippen LogP contribution is 2.36. The van der Waals surface area contributed by atoms with E-state index in [0.29, 0.717) is 21.9 Å². The van der Waals surface area contributed by atoms with Crippen LogP contribution in [0.2, 0.25) is 10.0 Å². The molecule has 2 aromatic carbocycles. The molecule has 4 nitrogen and oxygen atoms in total. The number of nitrogen functional groups attached to an aromatic ring is 2. The van der Waals surface area contributed by atoms with Crippen molar-refractivity contribution in [3.63, 3.8) is 0 Å². The van der Waals surface area contributed by atoms with Crippen molar-refractivity contribution in [3.8, 4) is 0 Å². The third-order valence-corrected chi connectivity index (χ3v) is 7.87. The topological polar surface area (TPSA) is 58.5 Å². The Morgan fingerprint density at radius 2 is 1.15 bits per heavy atom. The average molecular weight is 492 g/mol. The van der Waals surface area contributed by atoms with Crippen LogP contribution in [0.1, 0.15) is 68.9 Å². The van der Waals surface area contributed by atoms with Crippen LogP contribution < -0.4 is 11.5 Å². The second-order valence-electron chi connectivity index (χ2n) is 9.31. The molecule has 182 valence electrons. The van der Waals surface area contributed by atoms with Gasteiger partial charge in [-0.1, -0.05) is 61.3 Å². The van der Waals surface area contributed by atoms with Crippen LogP contribution in [0.5, 0.6) is 0 Å². The van der Waals surface area contributed by atoms with E-state index in [1.807, 2.05) is 24.3 Å². The SMILES string of the molecule is CCCN1CCC(c2cccc(Cl)c2N)CC1.CCN1CCC(c2cccc(Cl)c2N)CC1. The maximum atomic E-state index is 6.08. The Balaban J connectivity index is 0.000000186. The highest BCUT2D eigenvalue weighted by molar-refractivity contribution is 6.33. The fraction of sp³-hybridized carbons (Fsp3) is 0.556. The number of likely N-dealkylation sites (tertiary alicyclic amines) is 2. The predicted molar refractivity (Wildman–Crippen MR) is 145 cm³/mol. The zero-order chi connectivity index (χ0) is 23.8. The van der Waals surface area contributed by atoms with Crippen molar-refractivity contribution < 1.29 is 0 Å². The van der Waals surface area contributed by atoms with Gasteiger partial charge in [-0.15, -0.1) is 0 Å². The predicted octanol–water partition coefficient (Wildman–Crippen LogP) is 6.63. The minimum Gasteiger partial charge on any atom is -0.397 e. The van der Waals surface area contributed by atoms with Gasteiger partial charge in [0.15, 0.2) is 0 Å². The van der Waals surface area contributed by atoms with Gasteiger partial charge in [-0.3, -0.25) is 0 Å². The fourth-order valence-corrected chi connectivity index (χ4v) is 5.53. The molecule has 2 saturated heterocycles. The molecule has 2 heterocycles. The second kappa shape index (κ2) is 12.9. The Labute approximate surface area is 210 Å². The van der Waals surface area contributed by atoms with Crippen molar-refractivity contribution in [3.05, 3.63) is 57.6 Å². The number of hydrogen-bond acceptors (Lipinski definition) is 4. The maximum Gasteiger partial charge on any atom is 0.0638 e. The van der Waals surface area contributed by atoms with Gasteiger partial charge in [0.05, 0.1) is 21.4 Å². The summed E-state index contributed by atoms with van der Waals surface area (Å²) in [5.74, 6) is 1.17. The molecule has 0 aliphatic carbocycles. The van der Waals surface area contributed by atoms with Gasteiger partial charge in [0, 0.05) is 0 Å². The number of piperidine rings is 2. The lowest BCUT2D eigenvalue weighted by atomic mass is 9.88. The molecule has 0 bridgehead atoms. The zero-order valence-corrected chi connectivity index (χ0v) is 21.7. The Morgan fingerprint density at radius 3 is 1.55 bits per heavy atom. The van der Waals surface area contributed by atoms with E-state index in [4.69, 9.17) is 34.7 Å². The molecule has 2 aliphatic rings. The minimum absolute atomic E-state index is 0.585. The lowest BCUT2D eigenvalue weighted by Gasteiger charge is -2.32. The molecule has 2 aliphatic heterocycles. The third kappa shape index (κ3) is 7.02. The second-order valence-corrected chi connectivity index (χ2v) is 10.1. The number of hydrogen-bond donors (Lipinski definition) is 2. The Bertz CT molecular complexity index is 872. The van der Waals surface area contributed by atoms with Gasteiger partial charge in [0.25, 0.3) is 0 Å². The molecule has 0 atom stereocenters. The summed E-state index contributed by atoms with van der Waals surface area (Å²) in [5.41, 5.74) is 16.1. The van der Waals surface area contributed by atoms with E-state index in [-0.39, 0.29) is 0 Å². The Morgan fingerprint density at radius 1 is 0.727 bits per heavy atom. The molecule has 6 heteroatoms. The summed E-state index contributed by atoms with van der Waals surface area (Å²) >= 11 is 12.1. The standard InChI is InChI=1S/C14H21ClN2.C13H19ClN2/c1-2-8-17-9-6-11(7-10-17)12-4-3-5-13(15)14(12)16;1-2-16-8-6-10(7-9-16)11-4-3-5-12(14)13(11)15/h3-5,11H,2,6-10,16H2,1H3;3-5,10H,2,6-9,15H2,1H3. The van der Waals surface area contributed by atoms with Crippen LogP contribution in [0.25, 0.3) is 0 Å². The number of nitrogens with two attached hydrogens (primary N) is 2. The lowest BCUT2D eigenvalue weighted by molar-refractivity contribution is 0.213. The number of anilines is 2. The largest absolute Gasteiger partial charge is 0.397 e. The normalized spacial score (nSPS) is 18.7. The summed E-state index contributed by atoms with van der Waals surface area (Å²) < 4.78 is 0. The Hall–Kier alpha value is -1.46. The molecule has 0 radical (unpaired) electrons. The van der Waals surface area contributed by atoms with Crippen molar-refractivity contribution in [1.82, 2.24) is 9.80 Å². The molecule has 0 saturated carbocycles. The molecule has 0 spiro atoms. The van der Waals surface area contributed by atoms with E-state index in [2.05, 4.69) is 35.8 Å². The maximum absolute atomic E-state index is 6.08. The summed E-state index contributed by atoms with van der Waals surface area (Å²) in [7, 11) is 0. The molecule has 4 rings (SSSR count). The first-order valence-corrected chi connectivity index (χ1v) is 13.2. The molecule has 2 aromatic rings. The van der Waals surface area contributed by atoms with E-state index in [1.54, 1.807) is 0 Å². The van der Waals surface area contributed by atoms with Crippen LogP contribution in [-0.2, 0) is 0 Å². The molecule has 33 heavy (non-hydrogen) atoms. The van der Waals surface area contributed by atoms with Crippen LogP contribution in [-0.4, -0.2) is 49.1 Å². The van der Waals surface area contributed by atoms with Gasteiger partial charge in [0.1, 0.15) is 0 Å². The van der Waals surface area contributed by atoms with Gasteiger partial charge in [-0.2, -0.15) is 0 Å². The smallest absolute Gasteiger partial charge is 0.0638 e. The number of rotatable bonds is 5. The molecule has 4 N–H and O–H groups in total. The minimum atomic E-state index is 0.585. The first kappa shape index (κ1) is 26.2. The molecule has 0 amide bonds. The first-order chi connectivity index (χ1) is 15.9. The van der Waals surface area contributed by atoms with Gasteiger partial charge in [-0.05, 0) is 106 Å². The molecular formula is C27H40Cl2N4. The summed E-state index contributed by atoms with van der Waals surface area (Å²) in [4.78, 5) is 5.02. The summed E-state index contributed by atoms with van der Waals surface area (Å²) in [6.45, 7) is 11.5. The van der Waals surface area contributed by atoms with E-state index >= 15 is 0 Å². The van der Waals surface area contributed by atoms with Crippen LogP contribution in [0.15, 0.2) is 36.4 Å². The highest BCUT2D eigenvalue weighted by Gasteiger charge is 2.23. The van der Waals surface area contributed by atoms with E-state index < -0.39 is 0 Å². The number of halogens is 2. The van der Waals surface area contributed by atoms with Gasteiger partial charge in [-0.25, -0.2) is 0 Å². The van der Waals surface area contributed by atoms with E-state index in [1.165, 1.54) is 76.0 Å². The quantitative estimate of drug-likeness (QED) is 0.461. The summed E-state index contributed by atoms with van der Waals surface area (Å²) in [6, 6.07) is 12.0. The van der Waals surface area contributed by atoms with Gasteiger partial charge >= 0.3 is 0 Å². The van der Waals surface area contributed by atoms with Crippen molar-refractivity contribution >= 4 is 34.6 Å². The monoisotopic (exact) mass is 490 g/mol. The van der Waals surface area contributed by atoms with Gasteiger partial charge in [0.2, 0.25) is 0 Å². The molecular weight excluding hydrogens is 451 g/mol. The first-order valence-electron chi connectivity index (χ1n) is 12.5. The molecule has 2 fully saturated rings. The lowest BCUT2D eigenvalue weighted by Crippen LogP contribution is -2.33. The molecule has 0 unspecified atom stereocenters. The van der Waals surface area contributed by atoms with Crippen LogP contribution in [0.4, 0.5) is 11.4 Å². The van der Waals surface area contributed by atoms with Crippen molar-refractivity contribution in [1.29, 1.82) is 0 Å². The summed E-state index contributed by atoms with van der Waals surface area (Å²) in [6.07, 6.45) is 6.02. The number of nitrogens with zero attached hydrogens (tertiary/aromatic N) is 2. The van der Waals surface area contributed by atoms with Crippen LogP contribution >= 0.6 is 23.2 Å². The van der Waals surface area contributed by atoms with Crippen LogP contribution in [0, 0.1) is 0 Å². The third-order valence-electron chi connectivity index (χ3n) is 7.22. The fourth-order valence-electron chi connectivity index (χ4n) is 5.16. The number of para-hydroxylation sites is 2. The highest BCUT2D eigenvalue weighted by atomic mass is 35.5. The molecule has 0 aromatic heterocycles. The van der Waals surface area contributed by atoms with E-state index in [9.17, 15) is 0 Å².